The molecule has 1 aliphatic heterocycles. The highest BCUT2D eigenvalue weighted by Gasteiger charge is 2.21. The topological polar surface area (TPSA) is 28.2 Å². The predicted octanol–water partition coefficient (Wildman–Crippen LogP) is 1.68. The Balaban J connectivity index is 1.84. The van der Waals surface area contributed by atoms with E-state index in [0.717, 1.165) is 31.7 Å². The van der Waals surface area contributed by atoms with Gasteiger partial charge in [0.1, 0.15) is 0 Å². The number of hydrogen-bond donors (Lipinski definition) is 1. The van der Waals surface area contributed by atoms with Crippen molar-refractivity contribution in [3.63, 3.8) is 0 Å². The molecule has 0 aliphatic carbocycles. The molecule has 90 valence electrons. The lowest BCUT2D eigenvalue weighted by Gasteiger charge is -2.37. The van der Waals surface area contributed by atoms with E-state index in [1.165, 1.54) is 5.01 Å². The third-order valence-electron chi connectivity index (χ3n) is 3.17. The van der Waals surface area contributed by atoms with Crippen LogP contribution in [0, 0.1) is 6.92 Å². The molecule has 0 bridgehead atoms. The number of piperazine rings is 1. The van der Waals surface area contributed by atoms with Gasteiger partial charge in [0.2, 0.25) is 0 Å². The van der Waals surface area contributed by atoms with E-state index >= 15 is 0 Å². The zero-order valence-electron chi connectivity index (χ0n) is 10.4. The summed E-state index contributed by atoms with van der Waals surface area (Å²) in [6.07, 6.45) is 1.09. The van der Waals surface area contributed by atoms with Crippen molar-refractivity contribution in [1.82, 2.24) is 15.2 Å². The summed E-state index contributed by atoms with van der Waals surface area (Å²) in [5, 5.41) is 6.92. The number of nitrogens with zero attached hydrogens (tertiary/aromatic N) is 2. The lowest BCUT2D eigenvalue weighted by Crippen LogP contribution is -2.54. The number of thiazole rings is 1. The minimum absolute atomic E-state index is 0.620. The smallest absolute Gasteiger partial charge is 0.0940 e. The van der Waals surface area contributed by atoms with Gasteiger partial charge >= 0.3 is 0 Å². The molecule has 0 amide bonds. The van der Waals surface area contributed by atoms with Gasteiger partial charge in [-0.1, -0.05) is 0 Å². The van der Waals surface area contributed by atoms with Crippen molar-refractivity contribution in [2.45, 2.75) is 39.3 Å². The molecule has 3 nitrogen and oxygen atoms in total. The van der Waals surface area contributed by atoms with Gasteiger partial charge in [-0.05, 0) is 20.8 Å². The summed E-state index contributed by atoms with van der Waals surface area (Å²) in [5.41, 5.74) is 1.15. The van der Waals surface area contributed by atoms with Crippen molar-refractivity contribution >= 4 is 11.3 Å². The van der Waals surface area contributed by atoms with Crippen LogP contribution in [0.2, 0.25) is 0 Å². The van der Waals surface area contributed by atoms with Gasteiger partial charge < -0.3 is 5.32 Å². The molecule has 16 heavy (non-hydrogen) atoms. The molecule has 1 fully saturated rings. The van der Waals surface area contributed by atoms with Crippen LogP contribution in [0.5, 0.6) is 0 Å². The fourth-order valence-corrected chi connectivity index (χ4v) is 2.93. The minimum atomic E-state index is 0.620. The highest BCUT2D eigenvalue weighted by Crippen LogP contribution is 2.12. The van der Waals surface area contributed by atoms with Crippen LogP contribution >= 0.6 is 11.3 Å². The van der Waals surface area contributed by atoms with E-state index in [2.05, 4.69) is 41.4 Å². The number of hydrogen-bond acceptors (Lipinski definition) is 4. The summed E-state index contributed by atoms with van der Waals surface area (Å²) in [5.74, 6) is 0. The maximum Gasteiger partial charge on any atom is 0.0940 e. The van der Waals surface area contributed by atoms with Crippen molar-refractivity contribution < 1.29 is 0 Å². The Labute approximate surface area is 102 Å². The Kier molecular flexibility index (Phi) is 3.95. The van der Waals surface area contributed by atoms with Gasteiger partial charge in [0.15, 0.2) is 0 Å². The van der Waals surface area contributed by atoms with E-state index in [4.69, 9.17) is 0 Å². The predicted molar refractivity (Wildman–Crippen MR) is 69.1 cm³/mol. The van der Waals surface area contributed by atoms with Crippen LogP contribution in [0.25, 0.3) is 0 Å². The van der Waals surface area contributed by atoms with Crippen LogP contribution in [0.1, 0.15) is 24.5 Å². The van der Waals surface area contributed by atoms with Gasteiger partial charge in [0, 0.05) is 49.2 Å². The molecule has 2 rings (SSSR count). The molecule has 4 heteroatoms. The normalized spacial score (nSPS) is 27.2. The first-order valence-corrected chi connectivity index (χ1v) is 6.91. The van der Waals surface area contributed by atoms with Crippen LogP contribution in [-0.2, 0) is 6.42 Å². The molecule has 1 aromatic heterocycles. The molecular weight excluding hydrogens is 218 g/mol. The van der Waals surface area contributed by atoms with E-state index < -0.39 is 0 Å². The summed E-state index contributed by atoms with van der Waals surface area (Å²) in [7, 11) is 0. The first-order valence-electron chi connectivity index (χ1n) is 6.03. The molecule has 2 atom stereocenters. The highest BCUT2D eigenvalue weighted by molar-refractivity contribution is 7.09. The Bertz CT molecular complexity index is 337. The average Bonchev–Trinajstić information content (AvgIpc) is 2.66. The second kappa shape index (κ2) is 5.25. The molecule has 0 radical (unpaired) electrons. The van der Waals surface area contributed by atoms with E-state index in [1.807, 2.05) is 0 Å². The monoisotopic (exact) mass is 239 g/mol. The third kappa shape index (κ3) is 3.03. The first-order chi connectivity index (χ1) is 7.65. The summed E-state index contributed by atoms with van der Waals surface area (Å²) >= 11 is 1.79. The molecular formula is C12H21N3S. The number of aryl methyl sites for hydroxylation is 1. The van der Waals surface area contributed by atoms with Crippen LogP contribution in [-0.4, -0.2) is 41.6 Å². The maximum atomic E-state index is 4.52. The van der Waals surface area contributed by atoms with Gasteiger partial charge in [-0.25, -0.2) is 4.98 Å². The Morgan fingerprint density at radius 3 is 3.06 bits per heavy atom. The lowest BCUT2D eigenvalue weighted by molar-refractivity contribution is 0.148. The average molecular weight is 239 g/mol. The fourth-order valence-electron chi connectivity index (χ4n) is 2.17. The SMILES string of the molecule is Cc1csc(CCN2CC(C)NCC2C)n1. The molecule has 2 unspecified atom stereocenters. The highest BCUT2D eigenvalue weighted by atomic mass is 32.1. The van der Waals surface area contributed by atoms with Gasteiger partial charge in [0.05, 0.1) is 5.01 Å². The van der Waals surface area contributed by atoms with Crippen molar-refractivity contribution in [3.8, 4) is 0 Å². The number of aromatic nitrogens is 1. The molecule has 1 N–H and O–H groups in total. The van der Waals surface area contributed by atoms with Crippen LogP contribution in [0.15, 0.2) is 5.38 Å². The summed E-state index contributed by atoms with van der Waals surface area (Å²) in [6.45, 7) is 10.0. The Morgan fingerprint density at radius 1 is 1.56 bits per heavy atom. The quantitative estimate of drug-likeness (QED) is 0.870. The van der Waals surface area contributed by atoms with Crippen LogP contribution < -0.4 is 5.32 Å². The van der Waals surface area contributed by atoms with Crippen LogP contribution in [0.4, 0.5) is 0 Å². The van der Waals surface area contributed by atoms with Gasteiger partial charge in [-0.15, -0.1) is 11.3 Å². The summed E-state index contributed by atoms with van der Waals surface area (Å²) in [4.78, 5) is 7.08. The van der Waals surface area contributed by atoms with Crippen molar-refractivity contribution in [2.24, 2.45) is 0 Å². The zero-order valence-corrected chi connectivity index (χ0v) is 11.2. The second-order valence-electron chi connectivity index (χ2n) is 4.79. The Morgan fingerprint density at radius 2 is 2.38 bits per heavy atom. The maximum absolute atomic E-state index is 4.52. The molecule has 0 spiro atoms. The van der Waals surface area contributed by atoms with Crippen LogP contribution in [0.3, 0.4) is 0 Å². The molecule has 2 heterocycles. The standard InChI is InChI=1S/C12H21N3S/c1-9-7-15(11(3)6-13-9)5-4-12-14-10(2)8-16-12/h8-9,11,13H,4-7H2,1-3H3. The Hall–Kier alpha value is -0.450. The molecule has 1 aromatic rings. The van der Waals surface area contributed by atoms with E-state index in [0.29, 0.717) is 12.1 Å². The largest absolute Gasteiger partial charge is 0.311 e. The fraction of sp³-hybridized carbons (Fsp3) is 0.750. The minimum Gasteiger partial charge on any atom is -0.311 e. The van der Waals surface area contributed by atoms with E-state index in [1.54, 1.807) is 11.3 Å². The van der Waals surface area contributed by atoms with Gasteiger partial charge in [0.25, 0.3) is 0 Å². The van der Waals surface area contributed by atoms with Crippen molar-refractivity contribution in [3.05, 3.63) is 16.1 Å². The van der Waals surface area contributed by atoms with Gasteiger partial charge in [-0.2, -0.15) is 0 Å². The molecule has 1 aliphatic rings. The number of nitrogens with one attached hydrogen (secondary N) is 1. The lowest BCUT2D eigenvalue weighted by atomic mass is 10.1. The molecule has 0 aromatic carbocycles. The number of rotatable bonds is 3. The zero-order chi connectivity index (χ0) is 11.5. The second-order valence-corrected chi connectivity index (χ2v) is 5.73. The van der Waals surface area contributed by atoms with Gasteiger partial charge in [-0.3, -0.25) is 4.90 Å². The third-order valence-corrected chi connectivity index (χ3v) is 4.20. The van der Waals surface area contributed by atoms with E-state index in [9.17, 15) is 0 Å². The summed E-state index contributed by atoms with van der Waals surface area (Å²) in [6, 6.07) is 1.27. The van der Waals surface area contributed by atoms with E-state index in [-0.39, 0.29) is 0 Å². The summed E-state index contributed by atoms with van der Waals surface area (Å²) < 4.78 is 0. The molecule has 0 saturated carbocycles. The van der Waals surface area contributed by atoms with Crippen molar-refractivity contribution in [1.29, 1.82) is 0 Å². The van der Waals surface area contributed by atoms with Crippen molar-refractivity contribution in [2.75, 3.05) is 19.6 Å². The first kappa shape index (κ1) is 12.0. The molecule has 1 saturated heterocycles.